The van der Waals surface area contributed by atoms with Crippen LogP contribution in [0.15, 0.2) is 36.4 Å². The monoisotopic (exact) mass is 401 g/mol. The fourth-order valence-electron chi connectivity index (χ4n) is 3.75. The van der Waals surface area contributed by atoms with Crippen molar-refractivity contribution in [3.05, 3.63) is 47.8 Å². The van der Waals surface area contributed by atoms with Crippen LogP contribution in [0.5, 0.6) is 0 Å². The number of aryl methyl sites for hydroxylation is 1. The summed E-state index contributed by atoms with van der Waals surface area (Å²) in [4.78, 5) is 7.60. The van der Waals surface area contributed by atoms with Gasteiger partial charge in [0.2, 0.25) is 0 Å². The van der Waals surface area contributed by atoms with Gasteiger partial charge in [0.15, 0.2) is 17.9 Å². The molecule has 29 heavy (non-hydrogen) atoms. The number of piperazine rings is 1. The number of aromatic nitrogens is 3. The van der Waals surface area contributed by atoms with Crippen LogP contribution in [0.1, 0.15) is 11.4 Å². The summed E-state index contributed by atoms with van der Waals surface area (Å²) in [6, 6.07) is 12.4. The second-order valence-corrected chi connectivity index (χ2v) is 7.15. The number of nitrogens with one attached hydrogen (secondary N) is 1. The molecule has 0 atom stereocenters. The summed E-state index contributed by atoms with van der Waals surface area (Å²) in [6.07, 6.45) is -4.60. The molecule has 0 aliphatic carbocycles. The summed E-state index contributed by atoms with van der Waals surface area (Å²) in [6.45, 7) is 4.96. The van der Waals surface area contributed by atoms with Gasteiger partial charge < -0.3 is 9.80 Å². The number of fused-ring (bicyclic) bond motifs is 1. The number of alkyl halides is 3. The number of hydrogen-bond acceptors (Lipinski definition) is 4. The number of nitrogens with zero attached hydrogens (tertiary/aromatic N) is 5. The normalized spacial score (nSPS) is 15.6. The molecule has 0 amide bonds. The maximum Gasteiger partial charge on any atom is 0.435 e. The third kappa shape index (κ3) is 3.63. The average molecular weight is 401 g/mol. The first kappa shape index (κ1) is 19.2. The van der Waals surface area contributed by atoms with Crippen LogP contribution in [0.3, 0.4) is 0 Å². The van der Waals surface area contributed by atoms with Crippen LogP contribution in [0, 0.1) is 18.3 Å². The van der Waals surface area contributed by atoms with Crippen molar-refractivity contribution in [1.82, 2.24) is 14.6 Å². The van der Waals surface area contributed by atoms with Crippen molar-refractivity contribution in [1.29, 1.82) is 5.26 Å². The van der Waals surface area contributed by atoms with Crippen LogP contribution in [-0.2, 0) is 6.18 Å². The van der Waals surface area contributed by atoms with Crippen LogP contribution < -0.4 is 9.80 Å². The lowest BCUT2D eigenvalue weighted by molar-refractivity contribution is -0.893. The number of benzene rings is 1. The molecule has 1 aromatic carbocycles. The molecule has 1 N–H and O–H groups in total. The molecule has 1 fully saturated rings. The third-order valence-electron chi connectivity index (χ3n) is 5.15. The Morgan fingerprint density at radius 2 is 1.86 bits per heavy atom. The van der Waals surface area contributed by atoms with E-state index in [1.165, 1.54) is 9.42 Å². The van der Waals surface area contributed by atoms with E-state index in [0.717, 1.165) is 13.1 Å². The summed E-state index contributed by atoms with van der Waals surface area (Å²) in [7, 11) is 0. The SMILES string of the molecule is Cc1cc(N2CC[NH+](CC#N)CC2)n2nc(C(F)(F)F)c(-c3ccccc3)c2n1. The summed E-state index contributed by atoms with van der Waals surface area (Å²) >= 11 is 0. The van der Waals surface area contributed by atoms with Crippen molar-refractivity contribution in [2.24, 2.45) is 0 Å². The standard InChI is InChI=1S/C20H19F3N6/c1-14-13-16(28-11-9-27(8-7-24)10-12-28)29-19(25-14)17(15-5-3-2-4-6-15)18(26-29)20(21,22)23/h2-6,13H,8-12H2,1H3/p+1. The van der Waals surface area contributed by atoms with Gasteiger partial charge in [0, 0.05) is 11.8 Å². The molecule has 0 spiro atoms. The van der Waals surface area contributed by atoms with E-state index in [1.54, 1.807) is 43.3 Å². The molecule has 3 heterocycles. The Morgan fingerprint density at radius 1 is 1.17 bits per heavy atom. The van der Waals surface area contributed by atoms with E-state index in [1.807, 2.05) is 4.90 Å². The smallest absolute Gasteiger partial charge is 0.345 e. The highest BCUT2D eigenvalue weighted by molar-refractivity contribution is 5.81. The van der Waals surface area contributed by atoms with Gasteiger partial charge >= 0.3 is 6.18 Å². The molecule has 6 nitrogen and oxygen atoms in total. The second kappa shape index (κ2) is 7.37. The number of anilines is 1. The van der Waals surface area contributed by atoms with Crippen LogP contribution in [-0.4, -0.2) is 47.3 Å². The minimum absolute atomic E-state index is 0.00297. The third-order valence-corrected chi connectivity index (χ3v) is 5.15. The number of rotatable bonds is 3. The zero-order chi connectivity index (χ0) is 20.6. The van der Waals surface area contributed by atoms with Gasteiger partial charge in [-0.1, -0.05) is 30.3 Å². The largest absolute Gasteiger partial charge is 0.435 e. The molecule has 1 aliphatic heterocycles. The topological polar surface area (TPSA) is 61.7 Å². The van der Waals surface area contributed by atoms with Gasteiger partial charge in [-0.25, -0.2) is 4.98 Å². The van der Waals surface area contributed by atoms with E-state index in [2.05, 4.69) is 16.2 Å². The van der Waals surface area contributed by atoms with Gasteiger partial charge in [0.05, 0.1) is 31.7 Å². The highest BCUT2D eigenvalue weighted by Gasteiger charge is 2.39. The predicted molar refractivity (Wildman–Crippen MR) is 102 cm³/mol. The minimum Gasteiger partial charge on any atom is -0.345 e. The Bertz CT molecular complexity index is 1060. The Balaban J connectivity index is 1.86. The quantitative estimate of drug-likeness (QED) is 0.682. The van der Waals surface area contributed by atoms with E-state index in [0.29, 0.717) is 36.7 Å². The van der Waals surface area contributed by atoms with E-state index in [-0.39, 0.29) is 11.2 Å². The summed E-state index contributed by atoms with van der Waals surface area (Å²) in [5.74, 6) is 0.594. The first-order valence-corrected chi connectivity index (χ1v) is 9.37. The summed E-state index contributed by atoms with van der Waals surface area (Å²) in [5, 5.41) is 12.8. The van der Waals surface area contributed by atoms with E-state index in [4.69, 9.17) is 5.26 Å². The molecule has 0 radical (unpaired) electrons. The van der Waals surface area contributed by atoms with Crippen LogP contribution in [0.2, 0.25) is 0 Å². The molecule has 4 rings (SSSR count). The van der Waals surface area contributed by atoms with Crippen LogP contribution >= 0.6 is 0 Å². The van der Waals surface area contributed by atoms with Gasteiger partial charge in [-0.2, -0.15) is 28.0 Å². The van der Waals surface area contributed by atoms with Gasteiger partial charge in [0.25, 0.3) is 0 Å². The molecular formula is C20H20F3N6+. The lowest BCUT2D eigenvalue weighted by Crippen LogP contribution is -3.14. The molecule has 2 aromatic heterocycles. The Labute approximate surface area is 165 Å². The lowest BCUT2D eigenvalue weighted by atomic mass is 10.1. The lowest BCUT2D eigenvalue weighted by Gasteiger charge is -2.32. The second-order valence-electron chi connectivity index (χ2n) is 7.15. The van der Waals surface area contributed by atoms with Gasteiger partial charge in [-0.3, -0.25) is 0 Å². The maximum atomic E-state index is 13.8. The van der Waals surface area contributed by atoms with Crippen molar-refractivity contribution in [2.45, 2.75) is 13.1 Å². The fraction of sp³-hybridized carbons (Fsp3) is 0.350. The highest BCUT2D eigenvalue weighted by atomic mass is 19.4. The molecule has 3 aromatic rings. The number of halogens is 3. The van der Waals surface area contributed by atoms with Crippen molar-refractivity contribution in [3.8, 4) is 17.2 Å². The minimum atomic E-state index is -4.60. The van der Waals surface area contributed by atoms with Crippen molar-refractivity contribution in [3.63, 3.8) is 0 Å². The zero-order valence-electron chi connectivity index (χ0n) is 15.9. The number of hydrogen-bond donors (Lipinski definition) is 1. The number of nitriles is 1. The maximum absolute atomic E-state index is 13.8. The zero-order valence-corrected chi connectivity index (χ0v) is 15.9. The first-order chi connectivity index (χ1) is 13.9. The van der Waals surface area contributed by atoms with Crippen LogP contribution in [0.25, 0.3) is 16.8 Å². The Morgan fingerprint density at radius 3 is 2.48 bits per heavy atom. The molecular weight excluding hydrogens is 381 g/mol. The highest BCUT2D eigenvalue weighted by Crippen LogP contribution is 2.39. The molecule has 0 saturated carbocycles. The Hall–Kier alpha value is -3.12. The summed E-state index contributed by atoms with van der Waals surface area (Å²) in [5.41, 5.74) is 0.325. The first-order valence-electron chi connectivity index (χ1n) is 9.37. The molecule has 0 bridgehead atoms. The predicted octanol–water partition coefficient (Wildman–Crippen LogP) is 1.95. The van der Waals surface area contributed by atoms with Crippen molar-refractivity contribution < 1.29 is 18.1 Å². The average Bonchev–Trinajstić information content (AvgIpc) is 3.09. The molecule has 9 heteroatoms. The van der Waals surface area contributed by atoms with Crippen molar-refractivity contribution >= 4 is 11.5 Å². The Kier molecular flexibility index (Phi) is 4.88. The van der Waals surface area contributed by atoms with E-state index < -0.39 is 11.9 Å². The van der Waals surface area contributed by atoms with Gasteiger partial charge in [0.1, 0.15) is 11.9 Å². The van der Waals surface area contributed by atoms with E-state index in [9.17, 15) is 13.2 Å². The molecule has 1 saturated heterocycles. The van der Waals surface area contributed by atoms with E-state index >= 15 is 0 Å². The molecule has 0 unspecified atom stereocenters. The van der Waals surface area contributed by atoms with Crippen LogP contribution in [0.4, 0.5) is 19.0 Å². The fourth-order valence-corrected chi connectivity index (χ4v) is 3.75. The molecule has 1 aliphatic rings. The van der Waals surface area contributed by atoms with Crippen molar-refractivity contribution in [2.75, 3.05) is 37.6 Å². The van der Waals surface area contributed by atoms with Gasteiger partial charge in [-0.15, -0.1) is 0 Å². The summed E-state index contributed by atoms with van der Waals surface area (Å²) < 4.78 is 42.8. The van der Waals surface area contributed by atoms with Gasteiger partial charge in [-0.05, 0) is 12.5 Å². The molecule has 150 valence electrons. The number of quaternary nitrogens is 1.